The number of hydrogen-bond acceptors (Lipinski definition) is 5. The number of benzene rings is 1. The van der Waals surface area contributed by atoms with Gasteiger partial charge in [0.1, 0.15) is 5.75 Å². The topological polar surface area (TPSA) is 73.9 Å². The van der Waals surface area contributed by atoms with Gasteiger partial charge in [-0.05, 0) is 31.5 Å². The minimum atomic E-state index is -0.814. The summed E-state index contributed by atoms with van der Waals surface area (Å²) in [7, 11) is 1.55. The van der Waals surface area contributed by atoms with Crippen LogP contribution in [0.5, 0.6) is 5.75 Å². The molecule has 0 aliphatic heterocycles. The van der Waals surface area contributed by atoms with Crippen molar-refractivity contribution in [3.05, 3.63) is 28.7 Å². The minimum Gasteiger partial charge on any atom is -0.494 e. The highest BCUT2D eigenvalue weighted by atomic mass is 79.9. The predicted octanol–water partition coefficient (Wildman–Crippen LogP) is 2.30. The molecule has 1 amide bonds. The number of amides is 1. The van der Waals surface area contributed by atoms with Crippen LogP contribution in [0.4, 0.5) is 0 Å². The van der Waals surface area contributed by atoms with E-state index in [2.05, 4.69) is 21.2 Å². The highest BCUT2D eigenvalue weighted by Crippen LogP contribution is 2.17. The Bertz CT molecular complexity index is 509. The molecule has 0 unspecified atom stereocenters. The lowest BCUT2D eigenvalue weighted by Crippen LogP contribution is -2.37. The summed E-state index contributed by atoms with van der Waals surface area (Å²) in [4.78, 5) is 23.3. The minimum absolute atomic E-state index is 0.198. The Labute approximate surface area is 144 Å². The third kappa shape index (κ3) is 8.56. The summed E-state index contributed by atoms with van der Waals surface area (Å²) in [5.41, 5.74) is 0. The van der Waals surface area contributed by atoms with Crippen molar-refractivity contribution in [3.8, 4) is 5.75 Å². The number of carbonyl (C=O) groups excluding carboxylic acids is 2. The number of carbonyl (C=O) groups is 2. The molecule has 1 atom stereocenters. The molecule has 0 aliphatic rings. The third-order valence-electron chi connectivity index (χ3n) is 2.87. The molecule has 0 spiro atoms. The van der Waals surface area contributed by atoms with Gasteiger partial charge in [0.15, 0.2) is 6.10 Å². The number of rotatable bonds is 10. The van der Waals surface area contributed by atoms with Crippen LogP contribution in [0.25, 0.3) is 0 Å². The van der Waals surface area contributed by atoms with Crippen molar-refractivity contribution in [2.75, 3.05) is 26.9 Å². The van der Waals surface area contributed by atoms with E-state index in [1.807, 2.05) is 24.3 Å². The van der Waals surface area contributed by atoms with Crippen molar-refractivity contribution >= 4 is 27.8 Å². The molecule has 7 heteroatoms. The molecule has 6 nitrogen and oxygen atoms in total. The molecule has 0 bridgehead atoms. The quantitative estimate of drug-likeness (QED) is 0.492. The van der Waals surface area contributed by atoms with Gasteiger partial charge in [-0.1, -0.05) is 22.0 Å². The van der Waals surface area contributed by atoms with E-state index >= 15 is 0 Å². The molecule has 0 fully saturated rings. The third-order valence-corrected chi connectivity index (χ3v) is 3.37. The molecule has 1 aromatic carbocycles. The second kappa shape index (κ2) is 11.0. The number of halogens is 1. The zero-order chi connectivity index (χ0) is 17.1. The van der Waals surface area contributed by atoms with Gasteiger partial charge in [0.25, 0.3) is 5.91 Å². The molecule has 0 aliphatic carbocycles. The molecular weight excluding hydrogens is 366 g/mol. The van der Waals surface area contributed by atoms with Gasteiger partial charge >= 0.3 is 5.97 Å². The second-order valence-corrected chi connectivity index (χ2v) is 5.74. The SMILES string of the molecule is COCCNC(=O)[C@H](C)OC(=O)CCCOc1cccc(Br)c1. The van der Waals surface area contributed by atoms with Crippen LogP contribution >= 0.6 is 15.9 Å². The summed E-state index contributed by atoms with van der Waals surface area (Å²) in [5, 5.41) is 2.61. The molecule has 0 saturated heterocycles. The zero-order valence-electron chi connectivity index (χ0n) is 13.3. The lowest BCUT2D eigenvalue weighted by atomic mass is 10.3. The maximum absolute atomic E-state index is 11.7. The molecule has 1 aromatic rings. The molecule has 0 saturated carbocycles. The van der Waals surface area contributed by atoms with Crippen molar-refractivity contribution in [3.63, 3.8) is 0 Å². The van der Waals surface area contributed by atoms with Crippen molar-refractivity contribution in [1.29, 1.82) is 0 Å². The molecular formula is C16H22BrNO5. The average Bonchev–Trinajstić information content (AvgIpc) is 2.51. The molecule has 23 heavy (non-hydrogen) atoms. The first-order valence-corrected chi connectivity index (χ1v) is 8.16. The highest BCUT2D eigenvalue weighted by molar-refractivity contribution is 9.10. The van der Waals surface area contributed by atoms with E-state index in [9.17, 15) is 9.59 Å². The molecule has 0 radical (unpaired) electrons. The summed E-state index contributed by atoms with van der Waals surface area (Å²) in [6.07, 6.45) is -0.0992. The normalized spacial score (nSPS) is 11.6. The number of esters is 1. The summed E-state index contributed by atoms with van der Waals surface area (Å²) in [5.74, 6) is -0.0170. The summed E-state index contributed by atoms with van der Waals surface area (Å²) >= 11 is 3.36. The van der Waals surface area contributed by atoms with Crippen LogP contribution in [-0.2, 0) is 19.1 Å². The predicted molar refractivity (Wildman–Crippen MR) is 89.3 cm³/mol. The maximum atomic E-state index is 11.7. The molecule has 128 valence electrons. The van der Waals surface area contributed by atoms with Crippen LogP contribution < -0.4 is 10.1 Å². The average molecular weight is 388 g/mol. The van der Waals surface area contributed by atoms with Gasteiger partial charge in [-0.2, -0.15) is 0 Å². The number of ether oxygens (including phenoxy) is 3. The van der Waals surface area contributed by atoms with Crippen LogP contribution in [0.15, 0.2) is 28.7 Å². The summed E-state index contributed by atoms with van der Waals surface area (Å²) in [6.45, 7) is 2.75. The van der Waals surface area contributed by atoms with Gasteiger partial charge in [0.2, 0.25) is 0 Å². The Kier molecular flexibility index (Phi) is 9.31. The molecule has 0 heterocycles. The van der Waals surface area contributed by atoms with Gasteiger partial charge in [0.05, 0.1) is 13.2 Å². The number of nitrogens with one attached hydrogen (secondary N) is 1. The zero-order valence-corrected chi connectivity index (χ0v) is 14.9. The fraction of sp³-hybridized carbons (Fsp3) is 0.500. The van der Waals surface area contributed by atoms with E-state index in [4.69, 9.17) is 14.2 Å². The van der Waals surface area contributed by atoms with Gasteiger partial charge < -0.3 is 19.5 Å². The fourth-order valence-electron chi connectivity index (χ4n) is 1.69. The lowest BCUT2D eigenvalue weighted by molar-refractivity contribution is -0.155. The molecule has 0 aromatic heterocycles. The molecule has 1 rings (SSSR count). The molecule has 1 N–H and O–H groups in total. The number of hydrogen-bond donors (Lipinski definition) is 1. The Morgan fingerprint density at radius 1 is 1.30 bits per heavy atom. The van der Waals surface area contributed by atoms with Crippen LogP contribution in [0.1, 0.15) is 19.8 Å². The second-order valence-electron chi connectivity index (χ2n) is 4.83. The van der Waals surface area contributed by atoms with Crippen molar-refractivity contribution in [1.82, 2.24) is 5.32 Å². The highest BCUT2D eigenvalue weighted by Gasteiger charge is 2.16. The van der Waals surface area contributed by atoms with E-state index in [1.54, 1.807) is 7.11 Å². The van der Waals surface area contributed by atoms with E-state index in [0.29, 0.717) is 26.2 Å². The van der Waals surface area contributed by atoms with Gasteiger partial charge in [0, 0.05) is 24.5 Å². The van der Waals surface area contributed by atoms with E-state index in [1.165, 1.54) is 6.92 Å². The Balaban J connectivity index is 2.17. The Hall–Kier alpha value is -1.60. The van der Waals surface area contributed by atoms with E-state index in [-0.39, 0.29) is 12.3 Å². The standard InChI is InChI=1S/C16H22BrNO5/c1-12(16(20)18-8-10-21-2)23-15(19)7-4-9-22-14-6-3-5-13(17)11-14/h3,5-6,11-12H,4,7-10H2,1-2H3,(H,18,20)/t12-/m0/s1. The first kappa shape index (κ1) is 19.4. The smallest absolute Gasteiger partial charge is 0.306 e. The first-order chi connectivity index (χ1) is 11.0. The van der Waals surface area contributed by atoms with Crippen LogP contribution in [-0.4, -0.2) is 44.8 Å². The maximum Gasteiger partial charge on any atom is 0.306 e. The van der Waals surface area contributed by atoms with Crippen LogP contribution in [0.2, 0.25) is 0 Å². The summed E-state index contributed by atoms with van der Waals surface area (Å²) < 4.78 is 16.3. The summed E-state index contributed by atoms with van der Waals surface area (Å²) in [6, 6.07) is 7.47. The van der Waals surface area contributed by atoms with Crippen molar-refractivity contribution < 1.29 is 23.8 Å². The Morgan fingerprint density at radius 3 is 2.78 bits per heavy atom. The van der Waals surface area contributed by atoms with Crippen molar-refractivity contribution in [2.24, 2.45) is 0 Å². The van der Waals surface area contributed by atoms with Gasteiger partial charge in [-0.3, -0.25) is 9.59 Å². The van der Waals surface area contributed by atoms with E-state index in [0.717, 1.165) is 10.2 Å². The lowest BCUT2D eigenvalue weighted by Gasteiger charge is -2.13. The van der Waals surface area contributed by atoms with Gasteiger partial charge in [-0.15, -0.1) is 0 Å². The van der Waals surface area contributed by atoms with Crippen LogP contribution in [0.3, 0.4) is 0 Å². The van der Waals surface area contributed by atoms with Crippen molar-refractivity contribution in [2.45, 2.75) is 25.9 Å². The first-order valence-electron chi connectivity index (χ1n) is 7.37. The largest absolute Gasteiger partial charge is 0.494 e. The Morgan fingerprint density at radius 2 is 2.09 bits per heavy atom. The van der Waals surface area contributed by atoms with Gasteiger partial charge in [-0.25, -0.2) is 0 Å². The number of methoxy groups -OCH3 is 1. The monoisotopic (exact) mass is 387 g/mol. The van der Waals surface area contributed by atoms with E-state index < -0.39 is 12.1 Å². The fourth-order valence-corrected chi connectivity index (χ4v) is 2.07. The van der Waals surface area contributed by atoms with Crippen LogP contribution in [0, 0.1) is 0 Å².